The van der Waals surface area contributed by atoms with Crippen LogP contribution in [-0.2, 0) is 6.54 Å². The lowest BCUT2D eigenvalue weighted by Crippen LogP contribution is -2.43. The van der Waals surface area contributed by atoms with Gasteiger partial charge in [0.2, 0.25) is 5.91 Å². The summed E-state index contributed by atoms with van der Waals surface area (Å²) in [5, 5.41) is 9.29. The van der Waals surface area contributed by atoms with Gasteiger partial charge in [-0.2, -0.15) is 0 Å². The van der Waals surface area contributed by atoms with Crippen LogP contribution in [0.5, 0.6) is 0 Å². The van der Waals surface area contributed by atoms with Crippen LogP contribution in [0.25, 0.3) is 0 Å². The fraction of sp³-hybridized carbons (Fsp3) is 0.462. The van der Waals surface area contributed by atoms with Crippen LogP contribution in [0.2, 0.25) is 0 Å². The molecule has 0 atom stereocenters. The van der Waals surface area contributed by atoms with Crippen molar-refractivity contribution in [2.24, 2.45) is 5.73 Å². The molecule has 0 aromatic heterocycles. The van der Waals surface area contributed by atoms with E-state index < -0.39 is 5.91 Å². The molecule has 100 valence electrons. The van der Waals surface area contributed by atoms with Gasteiger partial charge in [0, 0.05) is 23.3 Å². The molecule has 1 aromatic rings. The molecule has 0 fully saturated rings. The van der Waals surface area contributed by atoms with Crippen LogP contribution in [0.3, 0.4) is 0 Å². The van der Waals surface area contributed by atoms with Crippen LogP contribution in [0.1, 0.15) is 29.8 Å². The van der Waals surface area contributed by atoms with Gasteiger partial charge in [-0.1, -0.05) is 6.07 Å². The number of nitrogen functional groups attached to an aromatic ring is 1. The van der Waals surface area contributed by atoms with Crippen LogP contribution >= 0.6 is 0 Å². The molecule has 1 rings (SSSR count). The molecular formula is C13H21N3O2. The van der Waals surface area contributed by atoms with E-state index in [0.717, 1.165) is 5.56 Å². The van der Waals surface area contributed by atoms with Crippen LogP contribution < -0.4 is 11.5 Å². The van der Waals surface area contributed by atoms with Gasteiger partial charge in [-0.25, -0.2) is 0 Å². The summed E-state index contributed by atoms with van der Waals surface area (Å²) in [6, 6.07) is 5.03. The number of rotatable bonds is 5. The Balaban J connectivity index is 2.89. The number of aliphatic hydroxyl groups is 1. The highest BCUT2D eigenvalue weighted by Gasteiger charge is 2.22. The van der Waals surface area contributed by atoms with E-state index in [2.05, 4.69) is 0 Å². The maximum Gasteiger partial charge on any atom is 0.248 e. The van der Waals surface area contributed by atoms with E-state index in [-0.39, 0.29) is 12.1 Å². The van der Waals surface area contributed by atoms with Crippen molar-refractivity contribution < 1.29 is 9.90 Å². The zero-order chi connectivity index (χ0) is 13.9. The number of anilines is 1. The summed E-state index contributed by atoms with van der Waals surface area (Å²) in [6.07, 6.45) is 0. The maximum absolute atomic E-state index is 11.0. The average Bonchev–Trinajstić information content (AvgIpc) is 2.31. The monoisotopic (exact) mass is 251 g/mol. The second kappa shape index (κ2) is 5.37. The van der Waals surface area contributed by atoms with Gasteiger partial charge in [0.05, 0.1) is 6.61 Å². The van der Waals surface area contributed by atoms with Crippen molar-refractivity contribution in [3.05, 3.63) is 29.3 Å². The van der Waals surface area contributed by atoms with Crippen LogP contribution in [0.15, 0.2) is 18.2 Å². The highest BCUT2D eigenvalue weighted by atomic mass is 16.3. The molecule has 0 aliphatic carbocycles. The second-order valence-electron chi connectivity index (χ2n) is 5.10. The lowest BCUT2D eigenvalue weighted by Gasteiger charge is -2.34. The van der Waals surface area contributed by atoms with Crippen molar-refractivity contribution in [1.29, 1.82) is 0 Å². The maximum atomic E-state index is 11.0. The number of aliphatic hydroxyl groups excluding tert-OH is 1. The topological polar surface area (TPSA) is 92.6 Å². The molecule has 0 bridgehead atoms. The van der Waals surface area contributed by atoms with Crippen molar-refractivity contribution in [3.63, 3.8) is 0 Å². The number of hydrogen-bond donors (Lipinski definition) is 3. The Labute approximate surface area is 107 Å². The predicted octanol–water partition coefficient (Wildman–Crippen LogP) is 0.570. The minimum absolute atomic E-state index is 0.0583. The molecule has 5 nitrogen and oxygen atoms in total. The van der Waals surface area contributed by atoms with E-state index in [0.29, 0.717) is 17.8 Å². The molecule has 0 saturated carbocycles. The smallest absolute Gasteiger partial charge is 0.248 e. The minimum Gasteiger partial charge on any atom is -0.398 e. The standard InChI is InChI=1S/C13H21N3O2/c1-13(2,8-17)16(3)7-10-5-4-9(12(15)18)6-11(10)14/h4-6,17H,7-8,14H2,1-3H3,(H2,15,18). The van der Waals surface area contributed by atoms with Gasteiger partial charge in [-0.05, 0) is 38.6 Å². The van der Waals surface area contributed by atoms with E-state index in [1.54, 1.807) is 18.2 Å². The third-order valence-corrected chi connectivity index (χ3v) is 3.26. The molecule has 0 unspecified atom stereocenters. The van der Waals surface area contributed by atoms with Crippen LogP contribution in [0.4, 0.5) is 5.69 Å². The summed E-state index contributed by atoms with van der Waals surface area (Å²) in [6.45, 7) is 4.54. The van der Waals surface area contributed by atoms with Crippen LogP contribution in [-0.4, -0.2) is 35.1 Å². The van der Waals surface area contributed by atoms with E-state index in [1.807, 2.05) is 25.8 Å². The third-order valence-electron chi connectivity index (χ3n) is 3.26. The first-order chi connectivity index (χ1) is 8.27. The first-order valence-electron chi connectivity index (χ1n) is 5.78. The molecule has 0 heterocycles. The number of carbonyl (C=O) groups excluding carboxylic acids is 1. The lowest BCUT2D eigenvalue weighted by atomic mass is 10.0. The van der Waals surface area contributed by atoms with Gasteiger partial charge in [0.25, 0.3) is 0 Å². The first-order valence-corrected chi connectivity index (χ1v) is 5.78. The molecule has 18 heavy (non-hydrogen) atoms. The zero-order valence-electron chi connectivity index (χ0n) is 11.1. The Morgan fingerprint density at radius 3 is 2.50 bits per heavy atom. The number of hydrogen-bond acceptors (Lipinski definition) is 4. The Kier molecular flexibility index (Phi) is 4.32. The Morgan fingerprint density at radius 1 is 1.44 bits per heavy atom. The zero-order valence-corrected chi connectivity index (χ0v) is 11.1. The molecule has 1 amide bonds. The van der Waals surface area contributed by atoms with Gasteiger partial charge in [0.1, 0.15) is 0 Å². The first kappa shape index (κ1) is 14.5. The normalized spacial score (nSPS) is 11.8. The molecule has 5 N–H and O–H groups in total. The molecule has 0 spiro atoms. The van der Waals surface area contributed by atoms with Gasteiger partial charge < -0.3 is 16.6 Å². The molecule has 1 aromatic carbocycles. The Bertz CT molecular complexity index is 444. The summed E-state index contributed by atoms with van der Waals surface area (Å²) in [5.41, 5.74) is 12.6. The highest BCUT2D eigenvalue weighted by molar-refractivity contribution is 5.93. The number of nitrogens with two attached hydrogens (primary N) is 2. The number of amides is 1. The summed E-state index contributed by atoms with van der Waals surface area (Å²) in [4.78, 5) is 13.0. The molecule has 0 saturated heterocycles. The van der Waals surface area contributed by atoms with E-state index in [9.17, 15) is 9.90 Å². The minimum atomic E-state index is -0.489. The number of likely N-dealkylation sites (N-methyl/N-ethyl adjacent to an activating group) is 1. The third kappa shape index (κ3) is 3.21. The molecular weight excluding hydrogens is 230 g/mol. The van der Waals surface area contributed by atoms with Gasteiger partial charge in [-0.3, -0.25) is 9.69 Å². The highest BCUT2D eigenvalue weighted by Crippen LogP contribution is 2.20. The summed E-state index contributed by atoms with van der Waals surface area (Å²) >= 11 is 0. The van der Waals surface area contributed by atoms with Gasteiger partial charge in [-0.15, -0.1) is 0 Å². The van der Waals surface area contributed by atoms with Crippen molar-refractivity contribution in [1.82, 2.24) is 4.90 Å². The SMILES string of the molecule is CN(Cc1ccc(C(N)=O)cc1N)C(C)(C)CO. The lowest BCUT2D eigenvalue weighted by molar-refractivity contribution is 0.0735. The van der Waals surface area contributed by atoms with E-state index in [1.165, 1.54) is 0 Å². The molecule has 0 radical (unpaired) electrons. The number of nitrogens with zero attached hydrogens (tertiary/aromatic N) is 1. The number of carbonyl (C=O) groups is 1. The molecule has 0 aliphatic rings. The largest absolute Gasteiger partial charge is 0.398 e. The molecule has 0 aliphatic heterocycles. The van der Waals surface area contributed by atoms with Crippen molar-refractivity contribution in [2.75, 3.05) is 19.4 Å². The number of primary amides is 1. The van der Waals surface area contributed by atoms with Crippen molar-refractivity contribution >= 4 is 11.6 Å². The Morgan fingerprint density at radius 2 is 2.06 bits per heavy atom. The number of benzene rings is 1. The van der Waals surface area contributed by atoms with Crippen LogP contribution in [0, 0.1) is 0 Å². The van der Waals surface area contributed by atoms with E-state index in [4.69, 9.17) is 11.5 Å². The van der Waals surface area contributed by atoms with Crippen molar-refractivity contribution in [2.45, 2.75) is 25.9 Å². The fourth-order valence-electron chi connectivity index (χ4n) is 1.48. The summed E-state index contributed by atoms with van der Waals surface area (Å²) in [7, 11) is 1.91. The van der Waals surface area contributed by atoms with Gasteiger partial charge in [0.15, 0.2) is 0 Å². The molecule has 5 heteroatoms. The summed E-state index contributed by atoms with van der Waals surface area (Å²) in [5.74, 6) is -0.489. The Hall–Kier alpha value is -1.59. The summed E-state index contributed by atoms with van der Waals surface area (Å²) < 4.78 is 0. The average molecular weight is 251 g/mol. The van der Waals surface area contributed by atoms with E-state index >= 15 is 0 Å². The second-order valence-corrected chi connectivity index (χ2v) is 5.10. The predicted molar refractivity (Wildman–Crippen MR) is 72.0 cm³/mol. The van der Waals surface area contributed by atoms with Crippen molar-refractivity contribution in [3.8, 4) is 0 Å². The van der Waals surface area contributed by atoms with Gasteiger partial charge >= 0.3 is 0 Å². The quantitative estimate of drug-likeness (QED) is 0.667. The fourth-order valence-corrected chi connectivity index (χ4v) is 1.48.